The Morgan fingerprint density at radius 2 is 1.81 bits per heavy atom. The number of hydrogen-bond donors (Lipinski definition) is 2. The summed E-state index contributed by atoms with van der Waals surface area (Å²) in [6, 6.07) is 18.5. The number of halogens is 2. The highest BCUT2D eigenvalue weighted by Gasteiger charge is 2.34. The number of nitrogens with one attached hydrogen (secondary N) is 1. The van der Waals surface area contributed by atoms with Crippen LogP contribution in [0.1, 0.15) is 17.2 Å². The Balaban J connectivity index is 2.08. The lowest BCUT2D eigenvalue weighted by Gasteiger charge is -2.30. The van der Waals surface area contributed by atoms with E-state index in [0.29, 0.717) is 11.3 Å². The number of benzene rings is 3. The number of anilines is 2. The Bertz CT molecular complexity index is 1150. The van der Waals surface area contributed by atoms with Gasteiger partial charge in [0, 0.05) is 12.2 Å². The highest BCUT2D eigenvalue weighted by Crippen LogP contribution is 2.33. The first kappa shape index (κ1) is 21.9. The maximum atomic E-state index is 14.9. The minimum Gasteiger partial charge on any atom is -0.399 e. The second-order valence-electron chi connectivity index (χ2n) is 6.67. The topological polar surface area (TPSA) is 75.4 Å². The van der Waals surface area contributed by atoms with Gasteiger partial charge in [0.1, 0.15) is 6.04 Å². The van der Waals surface area contributed by atoms with E-state index in [1.54, 1.807) is 18.2 Å². The maximum Gasteiger partial charge on any atom is 0.303 e. The van der Waals surface area contributed by atoms with E-state index in [2.05, 4.69) is 5.32 Å². The van der Waals surface area contributed by atoms with Crippen molar-refractivity contribution >= 4 is 34.8 Å². The van der Waals surface area contributed by atoms with Gasteiger partial charge in [0.25, 0.3) is 0 Å². The molecule has 0 saturated carbocycles. The maximum absolute atomic E-state index is 14.9. The molecule has 0 saturated heterocycles. The van der Waals surface area contributed by atoms with Crippen molar-refractivity contribution in [3.05, 3.63) is 94.8 Å². The average molecular weight is 436 g/mol. The van der Waals surface area contributed by atoms with E-state index < -0.39 is 23.7 Å². The molecule has 0 spiro atoms. The Kier molecular flexibility index (Phi) is 6.91. The predicted molar refractivity (Wildman–Crippen MR) is 120 cm³/mol. The molecule has 3 N–H and O–H groups in total. The van der Waals surface area contributed by atoms with Crippen LogP contribution in [0.2, 0.25) is 5.02 Å². The molecule has 0 radical (unpaired) electrons. The Morgan fingerprint density at radius 3 is 2.48 bits per heavy atom. The molecule has 3 aromatic rings. The van der Waals surface area contributed by atoms with E-state index in [9.17, 15) is 14.0 Å². The summed E-state index contributed by atoms with van der Waals surface area (Å²) in [5, 5.41) is 2.58. The summed E-state index contributed by atoms with van der Waals surface area (Å²) in [6.07, 6.45) is 5.36. The monoisotopic (exact) mass is 435 g/mol. The molecule has 0 aliphatic heterocycles. The molecule has 0 bridgehead atoms. The third-order valence-electron chi connectivity index (χ3n) is 4.58. The largest absolute Gasteiger partial charge is 0.399 e. The third kappa shape index (κ3) is 5.03. The number of terminal acetylenes is 1. The van der Waals surface area contributed by atoms with Crippen LogP contribution in [0.3, 0.4) is 0 Å². The zero-order valence-electron chi connectivity index (χ0n) is 16.4. The molecule has 3 aromatic carbocycles. The van der Waals surface area contributed by atoms with Crippen molar-refractivity contribution in [3.63, 3.8) is 0 Å². The van der Waals surface area contributed by atoms with Gasteiger partial charge in [0.2, 0.25) is 5.91 Å². The van der Waals surface area contributed by atoms with Gasteiger partial charge in [0.15, 0.2) is 5.82 Å². The summed E-state index contributed by atoms with van der Waals surface area (Å²) in [5.41, 5.74) is 7.28. The van der Waals surface area contributed by atoms with Gasteiger partial charge in [-0.15, -0.1) is 6.42 Å². The normalized spacial score (nSPS) is 11.3. The zero-order chi connectivity index (χ0) is 22.4. The summed E-state index contributed by atoms with van der Waals surface area (Å²) < 4.78 is 14.9. The van der Waals surface area contributed by atoms with Crippen molar-refractivity contribution in [2.45, 2.75) is 12.6 Å². The molecule has 3 rings (SSSR count). The number of carbonyl (C=O) groups is 2. The minimum absolute atomic E-state index is 0.203. The predicted octanol–water partition coefficient (Wildman–Crippen LogP) is 4.09. The molecule has 5 nitrogen and oxygen atoms in total. The lowest BCUT2D eigenvalue weighted by molar-refractivity contribution is -0.125. The van der Waals surface area contributed by atoms with E-state index in [-0.39, 0.29) is 17.3 Å². The smallest absolute Gasteiger partial charge is 0.303 e. The van der Waals surface area contributed by atoms with Crippen molar-refractivity contribution < 1.29 is 14.0 Å². The van der Waals surface area contributed by atoms with Gasteiger partial charge in [-0.1, -0.05) is 60.1 Å². The standard InChI is InChI=1S/C24H19ClFN3O2/c1-2-21(30)29(20-13-7-12-19(25)22(20)26)23(17-10-6-11-18(27)14-17)24(31)28-15-16-8-4-3-5-9-16/h1,3-14,23H,15,27H2,(H,28,31). The molecular weight excluding hydrogens is 417 g/mol. The van der Waals surface area contributed by atoms with Gasteiger partial charge in [0.05, 0.1) is 10.7 Å². The first-order valence-electron chi connectivity index (χ1n) is 9.33. The van der Waals surface area contributed by atoms with E-state index in [0.717, 1.165) is 10.5 Å². The highest BCUT2D eigenvalue weighted by molar-refractivity contribution is 6.31. The van der Waals surface area contributed by atoms with Crippen LogP contribution in [0.15, 0.2) is 72.8 Å². The zero-order valence-corrected chi connectivity index (χ0v) is 17.1. The van der Waals surface area contributed by atoms with Crippen molar-refractivity contribution in [2.75, 3.05) is 10.6 Å². The summed E-state index contributed by atoms with van der Waals surface area (Å²) in [6.45, 7) is 0.203. The van der Waals surface area contributed by atoms with Gasteiger partial charge in [-0.2, -0.15) is 0 Å². The Morgan fingerprint density at radius 1 is 1.10 bits per heavy atom. The van der Waals surface area contributed by atoms with Crippen molar-refractivity contribution in [2.24, 2.45) is 0 Å². The number of carbonyl (C=O) groups excluding carboxylic acids is 2. The van der Waals surface area contributed by atoms with Crippen molar-refractivity contribution in [3.8, 4) is 12.3 Å². The minimum atomic E-state index is -1.27. The number of nitrogens with two attached hydrogens (primary N) is 1. The van der Waals surface area contributed by atoms with Crippen molar-refractivity contribution in [1.82, 2.24) is 5.32 Å². The van der Waals surface area contributed by atoms with Crippen LogP contribution in [0.25, 0.3) is 0 Å². The fourth-order valence-corrected chi connectivity index (χ4v) is 3.31. The lowest BCUT2D eigenvalue weighted by Crippen LogP contribution is -2.44. The molecule has 7 heteroatoms. The van der Waals surface area contributed by atoms with Gasteiger partial charge < -0.3 is 11.1 Å². The van der Waals surface area contributed by atoms with Gasteiger partial charge in [-0.25, -0.2) is 4.39 Å². The van der Waals surface area contributed by atoms with Crippen LogP contribution >= 0.6 is 11.6 Å². The quantitative estimate of drug-likeness (QED) is 0.452. The van der Waals surface area contributed by atoms with Crippen LogP contribution in [0.5, 0.6) is 0 Å². The Labute approximate surface area is 184 Å². The van der Waals surface area contributed by atoms with E-state index in [4.69, 9.17) is 23.8 Å². The van der Waals surface area contributed by atoms with Crippen molar-refractivity contribution in [1.29, 1.82) is 0 Å². The number of nitrogen functional groups attached to an aromatic ring is 1. The second kappa shape index (κ2) is 9.79. The number of hydrogen-bond acceptors (Lipinski definition) is 3. The Hall–Kier alpha value is -3.82. The number of rotatable bonds is 6. The summed E-state index contributed by atoms with van der Waals surface area (Å²) in [5.74, 6) is -0.351. The molecule has 0 aromatic heterocycles. The molecule has 2 amide bonds. The van der Waals surface area contributed by atoms with Crippen LogP contribution in [-0.2, 0) is 16.1 Å². The molecule has 1 unspecified atom stereocenters. The summed E-state index contributed by atoms with van der Waals surface area (Å²) in [7, 11) is 0. The fourth-order valence-electron chi connectivity index (χ4n) is 3.14. The van der Waals surface area contributed by atoms with Crippen LogP contribution in [0.4, 0.5) is 15.8 Å². The SMILES string of the molecule is C#CC(=O)N(c1cccc(Cl)c1F)C(C(=O)NCc1ccccc1)c1cccc(N)c1. The number of amides is 2. The van der Waals surface area contributed by atoms with E-state index >= 15 is 0 Å². The van der Waals surface area contributed by atoms with E-state index in [1.165, 1.54) is 24.3 Å². The molecule has 0 heterocycles. The lowest BCUT2D eigenvalue weighted by atomic mass is 10.0. The summed E-state index contributed by atoms with van der Waals surface area (Å²) in [4.78, 5) is 26.9. The average Bonchev–Trinajstić information content (AvgIpc) is 2.78. The van der Waals surface area contributed by atoms with Crippen LogP contribution in [0, 0.1) is 18.2 Å². The molecule has 0 aliphatic carbocycles. The highest BCUT2D eigenvalue weighted by atomic mass is 35.5. The molecule has 0 aliphatic rings. The first-order valence-corrected chi connectivity index (χ1v) is 9.71. The molecule has 31 heavy (non-hydrogen) atoms. The van der Waals surface area contributed by atoms with Crippen LogP contribution < -0.4 is 16.0 Å². The van der Waals surface area contributed by atoms with E-state index in [1.807, 2.05) is 36.3 Å². The molecule has 0 fully saturated rings. The summed E-state index contributed by atoms with van der Waals surface area (Å²) >= 11 is 5.92. The van der Waals surface area contributed by atoms with Gasteiger partial charge >= 0.3 is 5.91 Å². The van der Waals surface area contributed by atoms with Gasteiger partial charge in [-0.3, -0.25) is 14.5 Å². The van der Waals surface area contributed by atoms with Crippen LogP contribution in [-0.4, -0.2) is 11.8 Å². The molecule has 156 valence electrons. The molecular formula is C24H19ClFN3O2. The fraction of sp³-hybridized carbons (Fsp3) is 0.0833. The first-order chi connectivity index (χ1) is 14.9. The third-order valence-corrected chi connectivity index (χ3v) is 4.87. The molecule has 1 atom stereocenters. The number of nitrogens with zero attached hydrogens (tertiary/aromatic N) is 1. The van der Waals surface area contributed by atoms with Gasteiger partial charge in [-0.05, 0) is 41.3 Å². The second-order valence-corrected chi connectivity index (χ2v) is 7.08.